The Kier molecular flexibility index (Phi) is 8.46. The molecule has 0 aliphatic heterocycles. The number of rotatable bonds is 5. The predicted octanol–water partition coefficient (Wildman–Crippen LogP) is 2.82. The van der Waals surface area contributed by atoms with Crippen molar-refractivity contribution in [2.24, 2.45) is 10.7 Å². The predicted molar refractivity (Wildman–Crippen MR) is 95.8 cm³/mol. The largest absolute Gasteiger partial charge is 0.383 e. The fraction of sp³-hybridized carbons (Fsp3) is 0.500. The summed E-state index contributed by atoms with van der Waals surface area (Å²) < 4.78 is 0. The summed E-state index contributed by atoms with van der Waals surface area (Å²) in [5.74, 6) is 0.442. The van der Waals surface area contributed by atoms with E-state index in [0.717, 1.165) is 13.1 Å². The summed E-state index contributed by atoms with van der Waals surface area (Å²) in [4.78, 5) is 6.20. The fourth-order valence-corrected chi connectivity index (χ4v) is 2.21. The normalized spacial score (nSPS) is 14.3. The molecule has 0 amide bonds. The van der Waals surface area contributed by atoms with Gasteiger partial charge in [-0.05, 0) is 26.8 Å². The van der Waals surface area contributed by atoms with Crippen LogP contribution in [0.3, 0.4) is 0 Å². The topological polar surface area (TPSA) is 61.8 Å². The standard InChI is InChI=1S/C14H22ClN3O.HI/c1-4-18(5-2)13(16)17-10-14(3,19)11-8-6-7-9-12(11)15;/h6-9,19H,4-5,10H2,1-3H3,(H2,16,17);1H. The third kappa shape index (κ3) is 5.10. The minimum absolute atomic E-state index is 0. The summed E-state index contributed by atoms with van der Waals surface area (Å²) >= 11 is 6.09. The van der Waals surface area contributed by atoms with Crippen LogP contribution in [0.25, 0.3) is 0 Å². The molecule has 0 saturated carbocycles. The van der Waals surface area contributed by atoms with Gasteiger partial charge in [-0.15, -0.1) is 24.0 Å². The number of guanidine groups is 1. The summed E-state index contributed by atoms with van der Waals surface area (Å²) in [6.07, 6.45) is 0. The molecule has 20 heavy (non-hydrogen) atoms. The van der Waals surface area contributed by atoms with E-state index in [-0.39, 0.29) is 30.5 Å². The van der Waals surface area contributed by atoms with Crippen LogP contribution in [0, 0.1) is 0 Å². The molecule has 0 radical (unpaired) electrons. The van der Waals surface area contributed by atoms with E-state index in [0.29, 0.717) is 16.5 Å². The summed E-state index contributed by atoms with van der Waals surface area (Å²) in [7, 11) is 0. The zero-order valence-corrected chi connectivity index (χ0v) is 15.2. The quantitative estimate of drug-likeness (QED) is 0.445. The Balaban J connectivity index is 0.00000361. The van der Waals surface area contributed by atoms with Gasteiger partial charge in [-0.1, -0.05) is 29.8 Å². The monoisotopic (exact) mass is 411 g/mol. The van der Waals surface area contributed by atoms with Gasteiger partial charge in [-0.25, -0.2) is 4.99 Å². The van der Waals surface area contributed by atoms with Crippen LogP contribution in [-0.4, -0.2) is 35.6 Å². The van der Waals surface area contributed by atoms with Gasteiger partial charge in [-0.3, -0.25) is 0 Å². The number of halogens is 2. The zero-order chi connectivity index (χ0) is 14.5. The average Bonchev–Trinajstić information content (AvgIpc) is 2.38. The van der Waals surface area contributed by atoms with Gasteiger partial charge in [0.05, 0.1) is 6.54 Å². The van der Waals surface area contributed by atoms with Crippen molar-refractivity contribution in [3.05, 3.63) is 34.9 Å². The molecule has 1 rings (SSSR count). The number of hydrogen-bond acceptors (Lipinski definition) is 2. The first-order valence-corrected chi connectivity index (χ1v) is 6.82. The summed E-state index contributed by atoms with van der Waals surface area (Å²) in [5.41, 5.74) is 5.43. The van der Waals surface area contributed by atoms with E-state index in [9.17, 15) is 5.11 Å². The maximum atomic E-state index is 10.5. The highest BCUT2D eigenvalue weighted by molar-refractivity contribution is 14.0. The number of nitrogens with two attached hydrogens (primary N) is 1. The van der Waals surface area contributed by atoms with Crippen molar-refractivity contribution in [1.82, 2.24) is 4.90 Å². The lowest BCUT2D eigenvalue weighted by molar-refractivity contribution is 0.0672. The molecule has 0 bridgehead atoms. The van der Waals surface area contributed by atoms with Crippen LogP contribution in [0.4, 0.5) is 0 Å². The average molecular weight is 412 g/mol. The third-order valence-corrected chi connectivity index (χ3v) is 3.42. The first-order valence-electron chi connectivity index (χ1n) is 6.44. The highest BCUT2D eigenvalue weighted by Gasteiger charge is 2.25. The number of benzene rings is 1. The van der Waals surface area contributed by atoms with Gasteiger partial charge in [0, 0.05) is 23.7 Å². The lowest BCUT2D eigenvalue weighted by Crippen LogP contribution is -2.38. The van der Waals surface area contributed by atoms with Crippen molar-refractivity contribution >= 4 is 41.5 Å². The van der Waals surface area contributed by atoms with Crippen LogP contribution in [0.2, 0.25) is 5.02 Å². The van der Waals surface area contributed by atoms with Crippen LogP contribution in [0.15, 0.2) is 29.3 Å². The van der Waals surface area contributed by atoms with E-state index >= 15 is 0 Å². The molecule has 0 aliphatic rings. The maximum Gasteiger partial charge on any atom is 0.191 e. The molecule has 0 saturated heterocycles. The van der Waals surface area contributed by atoms with E-state index in [2.05, 4.69) is 4.99 Å². The Hall–Kier alpha value is -0.530. The highest BCUT2D eigenvalue weighted by Crippen LogP contribution is 2.27. The number of aliphatic hydroxyl groups is 1. The van der Waals surface area contributed by atoms with Gasteiger partial charge in [0.25, 0.3) is 0 Å². The van der Waals surface area contributed by atoms with Gasteiger partial charge in [-0.2, -0.15) is 0 Å². The van der Waals surface area contributed by atoms with E-state index in [1.807, 2.05) is 30.9 Å². The fourth-order valence-electron chi connectivity index (χ4n) is 1.87. The van der Waals surface area contributed by atoms with Crippen LogP contribution < -0.4 is 5.73 Å². The van der Waals surface area contributed by atoms with Crippen molar-refractivity contribution in [1.29, 1.82) is 0 Å². The summed E-state index contributed by atoms with van der Waals surface area (Å²) in [5, 5.41) is 11.0. The molecule has 3 N–H and O–H groups in total. The second kappa shape index (κ2) is 8.69. The van der Waals surface area contributed by atoms with Crippen LogP contribution in [0.1, 0.15) is 26.3 Å². The maximum absolute atomic E-state index is 10.5. The molecule has 114 valence electrons. The molecule has 0 aliphatic carbocycles. The van der Waals surface area contributed by atoms with E-state index in [4.69, 9.17) is 17.3 Å². The van der Waals surface area contributed by atoms with Crippen molar-refractivity contribution in [3.63, 3.8) is 0 Å². The Morgan fingerprint density at radius 3 is 2.40 bits per heavy atom. The van der Waals surface area contributed by atoms with Gasteiger partial charge in [0.2, 0.25) is 0 Å². The number of aliphatic imine (C=N–C) groups is 1. The molecule has 1 aromatic rings. The highest BCUT2D eigenvalue weighted by atomic mass is 127. The first kappa shape index (κ1) is 19.5. The van der Waals surface area contributed by atoms with E-state index in [1.54, 1.807) is 19.1 Å². The van der Waals surface area contributed by atoms with Gasteiger partial charge in [0.15, 0.2) is 5.96 Å². The molecule has 1 unspecified atom stereocenters. The first-order chi connectivity index (χ1) is 8.92. The summed E-state index contributed by atoms with van der Waals surface area (Å²) in [6, 6.07) is 7.22. The van der Waals surface area contributed by atoms with Crippen LogP contribution in [0.5, 0.6) is 0 Å². The number of hydrogen-bond donors (Lipinski definition) is 2. The Morgan fingerprint density at radius 2 is 1.90 bits per heavy atom. The Bertz CT molecular complexity index is 448. The molecule has 1 atom stereocenters. The molecule has 0 fully saturated rings. The van der Waals surface area contributed by atoms with Crippen molar-refractivity contribution in [3.8, 4) is 0 Å². The summed E-state index contributed by atoms with van der Waals surface area (Å²) in [6.45, 7) is 7.47. The zero-order valence-electron chi connectivity index (χ0n) is 12.1. The minimum atomic E-state index is -1.13. The second-order valence-electron chi connectivity index (χ2n) is 4.60. The van der Waals surface area contributed by atoms with Gasteiger partial charge in [0.1, 0.15) is 5.60 Å². The molecule has 0 spiro atoms. The number of nitrogens with zero attached hydrogens (tertiary/aromatic N) is 2. The smallest absolute Gasteiger partial charge is 0.191 e. The van der Waals surface area contributed by atoms with Crippen LogP contribution >= 0.6 is 35.6 Å². The molecular formula is C14H23ClIN3O. The Labute approximate surface area is 143 Å². The molecule has 4 nitrogen and oxygen atoms in total. The molecule has 0 heterocycles. The van der Waals surface area contributed by atoms with Gasteiger partial charge < -0.3 is 15.7 Å². The van der Waals surface area contributed by atoms with Crippen LogP contribution in [-0.2, 0) is 5.60 Å². The van der Waals surface area contributed by atoms with E-state index in [1.165, 1.54) is 0 Å². The SMILES string of the molecule is CCN(CC)C(N)=NCC(C)(O)c1ccccc1Cl.I. The lowest BCUT2D eigenvalue weighted by atomic mass is 9.96. The van der Waals surface area contributed by atoms with Gasteiger partial charge >= 0.3 is 0 Å². The molecule has 1 aromatic carbocycles. The molecule has 6 heteroatoms. The minimum Gasteiger partial charge on any atom is -0.383 e. The molecule has 0 aromatic heterocycles. The lowest BCUT2D eigenvalue weighted by Gasteiger charge is -2.25. The second-order valence-corrected chi connectivity index (χ2v) is 5.01. The molecular weight excluding hydrogens is 389 g/mol. The van der Waals surface area contributed by atoms with Crippen molar-refractivity contribution < 1.29 is 5.11 Å². The van der Waals surface area contributed by atoms with Crippen molar-refractivity contribution in [2.75, 3.05) is 19.6 Å². The van der Waals surface area contributed by atoms with E-state index < -0.39 is 5.60 Å². The van der Waals surface area contributed by atoms with Crippen molar-refractivity contribution in [2.45, 2.75) is 26.4 Å². The Morgan fingerprint density at radius 1 is 1.35 bits per heavy atom. The third-order valence-electron chi connectivity index (χ3n) is 3.09.